The first-order chi connectivity index (χ1) is 13.9. The van der Waals surface area contributed by atoms with Gasteiger partial charge < -0.3 is 9.15 Å². The number of rotatable bonds is 5. The predicted octanol–water partition coefficient (Wildman–Crippen LogP) is 3.19. The van der Waals surface area contributed by atoms with Crippen molar-refractivity contribution in [2.45, 2.75) is 6.92 Å². The van der Waals surface area contributed by atoms with E-state index in [4.69, 9.17) is 14.6 Å². The molecule has 0 radical (unpaired) electrons. The molecule has 11 heteroatoms. The van der Waals surface area contributed by atoms with Crippen LogP contribution in [-0.2, 0) is 4.79 Å². The molecular weight excluding hydrogens is 398 g/mol. The molecule has 0 unspecified atom stereocenters. The van der Waals surface area contributed by atoms with Gasteiger partial charge in [0.25, 0.3) is 5.91 Å². The Bertz CT molecular complexity index is 1130. The van der Waals surface area contributed by atoms with E-state index in [0.717, 1.165) is 17.3 Å². The third-order valence-electron chi connectivity index (χ3n) is 4.02. The summed E-state index contributed by atoms with van der Waals surface area (Å²) >= 11 is 1.14. The summed E-state index contributed by atoms with van der Waals surface area (Å²) in [4.78, 5) is 26.3. The molecule has 0 aliphatic carbocycles. The number of hydrogen-bond donors (Lipinski definition) is 1. The number of fused-ring (bicyclic) bond motifs is 1. The molecule has 0 atom stereocenters. The average Bonchev–Trinajstić information content (AvgIpc) is 3.31. The zero-order valence-electron chi connectivity index (χ0n) is 15.0. The van der Waals surface area contributed by atoms with Gasteiger partial charge in [0.1, 0.15) is 28.1 Å². The number of aliphatic imine (C=N–C) groups is 1. The molecule has 4 rings (SSSR count). The van der Waals surface area contributed by atoms with Crippen molar-refractivity contribution in [2.75, 3.05) is 6.61 Å². The van der Waals surface area contributed by atoms with Gasteiger partial charge in [0.05, 0.1) is 11.6 Å². The molecule has 1 amide bonds. The standard InChI is InChI=1S/C18H13N5O5S/c1-10-4-2-3-5-13(10)27-9-14-21-22-16(19)12(17(24)20-18(22)29-14)8-11-6-7-15(28-11)23(25)26/h2-8,19H,9H2,1H3. The fourth-order valence-corrected chi connectivity index (χ4v) is 3.41. The second kappa shape index (κ2) is 7.36. The van der Waals surface area contributed by atoms with Crippen molar-refractivity contribution in [1.82, 2.24) is 5.01 Å². The molecule has 1 aromatic heterocycles. The van der Waals surface area contributed by atoms with Crippen LogP contribution in [-0.4, -0.2) is 38.5 Å². The quantitative estimate of drug-likeness (QED) is 0.453. The summed E-state index contributed by atoms with van der Waals surface area (Å²) in [5, 5.41) is 25.3. The van der Waals surface area contributed by atoms with Crippen LogP contribution in [0.15, 0.2) is 56.5 Å². The van der Waals surface area contributed by atoms with Gasteiger partial charge in [0, 0.05) is 0 Å². The van der Waals surface area contributed by atoms with Crippen molar-refractivity contribution in [3.63, 3.8) is 0 Å². The lowest BCUT2D eigenvalue weighted by molar-refractivity contribution is -0.402. The number of hydrazone groups is 1. The number of nitro groups is 1. The number of amides is 1. The summed E-state index contributed by atoms with van der Waals surface area (Å²) in [6.45, 7) is 2.09. The summed E-state index contributed by atoms with van der Waals surface area (Å²) in [6, 6.07) is 10.1. The van der Waals surface area contributed by atoms with Crippen LogP contribution in [0.1, 0.15) is 11.3 Å². The number of ether oxygens (including phenoxy) is 1. The number of furan rings is 1. The summed E-state index contributed by atoms with van der Waals surface area (Å²) < 4.78 is 10.8. The van der Waals surface area contributed by atoms with Gasteiger partial charge in [-0.2, -0.15) is 15.1 Å². The van der Waals surface area contributed by atoms with Crippen molar-refractivity contribution >= 4 is 45.7 Å². The van der Waals surface area contributed by atoms with Crippen LogP contribution in [0.3, 0.4) is 0 Å². The highest BCUT2D eigenvalue weighted by molar-refractivity contribution is 8.27. The fraction of sp³-hybridized carbons (Fsp3) is 0.111. The van der Waals surface area contributed by atoms with Gasteiger partial charge in [-0.1, -0.05) is 18.2 Å². The Morgan fingerprint density at radius 1 is 1.34 bits per heavy atom. The Morgan fingerprint density at radius 2 is 2.14 bits per heavy atom. The SMILES string of the molecule is Cc1ccccc1OCC1=NN2C(=N)C(=Cc3ccc([N+](=O)[O-])o3)C(=O)N=C2S1. The Labute approximate surface area is 168 Å². The van der Waals surface area contributed by atoms with Crippen LogP contribution < -0.4 is 4.74 Å². The molecule has 2 aliphatic heterocycles. The molecule has 10 nitrogen and oxygen atoms in total. The second-order valence-electron chi connectivity index (χ2n) is 6.00. The Kier molecular flexibility index (Phi) is 4.72. The lowest BCUT2D eigenvalue weighted by Gasteiger charge is -2.19. The maximum Gasteiger partial charge on any atom is 0.433 e. The minimum Gasteiger partial charge on any atom is -0.486 e. The Morgan fingerprint density at radius 3 is 2.86 bits per heavy atom. The fourth-order valence-electron chi connectivity index (χ4n) is 2.61. The van der Waals surface area contributed by atoms with Crippen molar-refractivity contribution in [3.8, 4) is 5.75 Å². The summed E-state index contributed by atoms with van der Waals surface area (Å²) in [7, 11) is 0. The zero-order valence-corrected chi connectivity index (χ0v) is 15.8. The Balaban J connectivity index is 1.53. The number of benzene rings is 1. The van der Waals surface area contributed by atoms with Crippen molar-refractivity contribution in [1.29, 1.82) is 5.41 Å². The van der Waals surface area contributed by atoms with E-state index in [-0.39, 0.29) is 28.9 Å². The smallest absolute Gasteiger partial charge is 0.433 e. The summed E-state index contributed by atoms with van der Waals surface area (Å²) in [6.07, 6.45) is 1.24. The molecule has 1 N–H and O–H groups in total. The number of carbonyl (C=O) groups excluding carboxylic acids is 1. The topological polar surface area (TPSA) is 134 Å². The molecular formula is C18H13N5O5S. The van der Waals surface area contributed by atoms with E-state index in [1.54, 1.807) is 0 Å². The van der Waals surface area contributed by atoms with Gasteiger partial charge in [-0.3, -0.25) is 20.3 Å². The molecule has 0 spiro atoms. The van der Waals surface area contributed by atoms with Crippen LogP contribution >= 0.6 is 11.8 Å². The Hall–Kier alpha value is -3.73. The summed E-state index contributed by atoms with van der Waals surface area (Å²) in [5.41, 5.74) is 0.898. The number of nitrogens with zero attached hydrogens (tertiary/aromatic N) is 4. The van der Waals surface area contributed by atoms with Gasteiger partial charge in [0.15, 0.2) is 5.84 Å². The number of aryl methyl sites for hydroxylation is 1. The van der Waals surface area contributed by atoms with Gasteiger partial charge in [-0.25, -0.2) is 0 Å². The maximum absolute atomic E-state index is 12.3. The van der Waals surface area contributed by atoms with Crippen LogP contribution in [0, 0.1) is 22.4 Å². The minimum atomic E-state index is -0.686. The van der Waals surface area contributed by atoms with E-state index in [2.05, 4.69) is 10.1 Å². The van der Waals surface area contributed by atoms with E-state index >= 15 is 0 Å². The molecule has 0 saturated carbocycles. The number of thioether (sulfide) groups is 1. The van der Waals surface area contributed by atoms with E-state index in [1.165, 1.54) is 23.2 Å². The van der Waals surface area contributed by atoms with E-state index in [0.29, 0.717) is 10.8 Å². The van der Waals surface area contributed by atoms with Gasteiger partial charge in [-0.15, -0.1) is 0 Å². The maximum atomic E-state index is 12.3. The second-order valence-corrected chi connectivity index (χ2v) is 7.04. The first-order valence-electron chi connectivity index (χ1n) is 8.34. The van der Waals surface area contributed by atoms with Crippen molar-refractivity contribution in [2.24, 2.45) is 10.1 Å². The molecule has 2 aromatic rings. The highest BCUT2D eigenvalue weighted by Gasteiger charge is 2.36. The van der Waals surface area contributed by atoms with E-state index in [1.807, 2.05) is 31.2 Å². The monoisotopic (exact) mass is 411 g/mol. The van der Waals surface area contributed by atoms with Crippen LogP contribution in [0.5, 0.6) is 5.75 Å². The molecule has 0 saturated heterocycles. The molecule has 29 heavy (non-hydrogen) atoms. The molecule has 2 aliphatic rings. The van der Waals surface area contributed by atoms with Crippen LogP contribution in [0.25, 0.3) is 6.08 Å². The first kappa shape index (κ1) is 18.6. The highest BCUT2D eigenvalue weighted by atomic mass is 32.2. The number of para-hydroxylation sites is 1. The number of carbonyl (C=O) groups is 1. The van der Waals surface area contributed by atoms with Gasteiger partial charge >= 0.3 is 5.88 Å². The molecule has 1 aromatic carbocycles. The van der Waals surface area contributed by atoms with Crippen molar-refractivity contribution in [3.05, 3.63) is 63.4 Å². The summed E-state index contributed by atoms with van der Waals surface area (Å²) in [5.74, 6) is -0.515. The molecule has 0 bridgehead atoms. The third kappa shape index (κ3) is 3.67. The first-order valence-corrected chi connectivity index (χ1v) is 9.16. The lowest BCUT2D eigenvalue weighted by atomic mass is 10.1. The molecule has 3 heterocycles. The van der Waals surface area contributed by atoms with Crippen LogP contribution in [0.2, 0.25) is 0 Å². The van der Waals surface area contributed by atoms with Gasteiger partial charge in [0.2, 0.25) is 5.17 Å². The number of nitrogens with one attached hydrogen (secondary N) is 1. The van der Waals surface area contributed by atoms with Crippen molar-refractivity contribution < 1.29 is 18.9 Å². The lowest BCUT2D eigenvalue weighted by Crippen LogP contribution is -2.35. The number of hydrogen-bond acceptors (Lipinski definition) is 8. The van der Waals surface area contributed by atoms with Crippen LogP contribution in [0.4, 0.5) is 5.88 Å². The highest BCUT2D eigenvalue weighted by Crippen LogP contribution is 2.29. The van der Waals surface area contributed by atoms with E-state index in [9.17, 15) is 14.9 Å². The number of amidine groups is 2. The molecule has 146 valence electrons. The normalized spacial score (nSPS) is 17.3. The largest absolute Gasteiger partial charge is 0.486 e. The van der Waals surface area contributed by atoms with Gasteiger partial charge in [-0.05, 0) is 42.5 Å². The average molecular weight is 411 g/mol. The third-order valence-corrected chi connectivity index (χ3v) is 4.90. The minimum absolute atomic E-state index is 0.0717. The zero-order chi connectivity index (χ0) is 20.5. The van der Waals surface area contributed by atoms with E-state index < -0.39 is 16.7 Å². The molecule has 0 fully saturated rings. The predicted molar refractivity (Wildman–Crippen MR) is 107 cm³/mol.